The molecule has 0 aromatic heterocycles. The Morgan fingerprint density at radius 2 is 1.83 bits per heavy atom. The van der Waals surface area contributed by atoms with Crippen LogP contribution in [-0.2, 0) is 9.59 Å². The molecule has 2 aromatic rings. The van der Waals surface area contributed by atoms with Crippen molar-refractivity contribution in [2.24, 2.45) is 0 Å². The van der Waals surface area contributed by atoms with Crippen LogP contribution in [0.4, 0.5) is 5.69 Å². The highest BCUT2D eigenvalue weighted by atomic mass is 32.2. The highest BCUT2D eigenvalue weighted by Gasteiger charge is 2.33. The van der Waals surface area contributed by atoms with Gasteiger partial charge in [-0.25, -0.2) is 0 Å². The first-order valence-electron chi connectivity index (χ1n) is 8.75. The molecule has 0 atom stereocenters. The molecule has 1 saturated heterocycles. The minimum atomic E-state index is -0.308. The van der Waals surface area contributed by atoms with Gasteiger partial charge in [-0.05, 0) is 42.8 Å². The van der Waals surface area contributed by atoms with Crippen LogP contribution in [0.15, 0.2) is 47.4 Å². The summed E-state index contributed by atoms with van der Waals surface area (Å²) in [4.78, 5) is 26.8. The highest BCUT2D eigenvalue weighted by Crippen LogP contribution is 2.34. The number of nitrogens with zero attached hydrogens (tertiary/aromatic N) is 1. The van der Waals surface area contributed by atoms with Crippen LogP contribution in [-0.4, -0.2) is 41.8 Å². The second-order valence-electron chi connectivity index (χ2n) is 6.30. The summed E-state index contributed by atoms with van der Waals surface area (Å²) in [6.07, 6.45) is 1.72. The molecular formula is C21H20N2O4S2. The van der Waals surface area contributed by atoms with E-state index in [9.17, 15) is 9.59 Å². The first kappa shape index (κ1) is 20.9. The molecule has 1 N–H and O–H groups in total. The van der Waals surface area contributed by atoms with Crippen molar-refractivity contribution < 1.29 is 19.1 Å². The zero-order chi connectivity index (χ0) is 21.0. The van der Waals surface area contributed by atoms with Crippen molar-refractivity contribution in [1.82, 2.24) is 4.90 Å². The molecule has 1 heterocycles. The number of nitrogens with one attached hydrogen (secondary N) is 1. The second kappa shape index (κ2) is 9.11. The molecular weight excluding hydrogens is 408 g/mol. The molecule has 8 heteroatoms. The first-order chi connectivity index (χ1) is 13.9. The van der Waals surface area contributed by atoms with E-state index in [1.807, 2.05) is 37.3 Å². The van der Waals surface area contributed by atoms with Gasteiger partial charge in [-0.1, -0.05) is 47.7 Å². The Balaban J connectivity index is 1.71. The van der Waals surface area contributed by atoms with Gasteiger partial charge in [-0.15, -0.1) is 0 Å². The van der Waals surface area contributed by atoms with Crippen LogP contribution in [0.3, 0.4) is 0 Å². The lowest BCUT2D eigenvalue weighted by Gasteiger charge is -2.14. The van der Waals surface area contributed by atoms with Crippen LogP contribution < -0.4 is 14.8 Å². The summed E-state index contributed by atoms with van der Waals surface area (Å²) in [7, 11) is 3.11. The molecule has 0 aliphatic carbocycles. The maximum Gasteiger partial charge on any atom is 0.266 e. The number of benzene rings is 2. The van der Waals surface area contributed by atoms with Crippen molar-refractivity contribution in [2.75, 3.05) is 26.1 Å². The summed E-state index contributed by atoms with van der Waals surface area (Å²) in [5.74, 6) is 0.561. The van der Waals surface area contributed by atoms with Gasteiger partial charge in [0.05, 0.1) is 19.1 Å². The number of carbonyl (C=O) groups is 2. The van der Waals surface area contributed by atoms with Gasteiger partial charge in [0.1, 0.15) is 10.9 Å². The van der Waals surface area contributed by atoms with Crippen molar-refractivity contribution in [3.05, 3.63) is 58.5 Å². The van der Waals surface area contributed by atoms with Gasteiger partial charge in [-0.2, -0.15) is 0 Å². The summed E-state index contributed by atoms with van der Waals surface area (Å²) < 4.78 is 10.9. The van der Waals surface area contributed by atoms with Gasteiger partial charge in [0.2, 0.25) is 5.91 Å². The number of rotatable bonds is 6. The number of hydrogen-bond acceptors (Lipinski definition) is 6. The second-order valence-corrected chi connectivity index (χ2v) is 7.97. The third-order valence-corrected chi connectivity index (χ3v) is 5.59. The van der Waals surface area contributed by atoms with E-state index in [2.05, 4.69) is 5.32 Å². The lowest BCUT2D eigenvalue weighted by Crippen LogP contribution is -2.36. The topological polar surface area (TPSA) is 67.9 Å². The lowest BCUT2D eigenvalue weighted by molar-refractivity contribution is -0.126. The number of aryl methyl sites for hydroxylation is 1. The third-order valence-electron chi connectivity index (χ3n) is 4.22. The van der Waals surface area contributed by atoms with Crippen molar-refractivity contribution in [2.45, 2.75) is 6.92 Å². The molecule has 1 fully saturated rings. The van der Waals surface area contributed by atoms with E-state index in [-0.39, 0.29) is 18.4 Å². The molecule has 0 unspecified atom stereocenters. The zero-order valence-electron chi connectivity index (χ0n) is 16.2. The van der Waals surface area contributed by atoms with E-state index in [1.165, 1.54) is 16.7 Å². The fourth-order valence-electron chi connectivity index (χ4n) is 2.71. The predicted octanol–water partition coefficient (Wildman–Crippen LogP) is 3.85. The summed E-state index contributed by atoms with van der Waals surface area (Å²) in [6, 6.07) is 12.8. The van der Waals surface area contributed by atoms with E-state index < -0.39 is 0 Å². The molecule has 1 aliphatic heterocycles. The van der Waals surface area contributed by atoms with E-state index >= 15 is 0 Å². The normalized spacial score (nSPS) is 15.0. The number of anilines is 1. The molecule has 0 spiro atoms. The molecule has 29 heavy (non-hydrogen) atoms. The number of methoxy groups -OCH3 is 2. The van der Waals surface area contributed by atoms with Crippen LogP contribution in [0, 0.1) is 6.92 Å². The maximum absolute atomic E-state index is 12.7. The fourth-order valence-corrected chi connectivity index (χ4v) is 3.97. The lowest BCUT2D eigenvalue weighted by atomic mass is 10.2. The van der Waals surface area contributed by atoms with E-state index in [0.717, 1.165) is 11.1 Å². The molecule has 2 aromatic carbocycles. The zero-order valence-corrected chi connectivity index (χ0v) is 17.9. The number of amides is 2. The maximum atomic E-state index is 12.7. The van der Waals surface area contributed by atoms with Gasteiger partial charge >= 0.3 is 0 Å². The van der Waals surface area contributed by atoms with Crippen molar-refractivity contribution in [1.29, 1.82) is 0 Å². The first-order valence-corrected chi connectivity index (χ1v) is 9.97. The van der Waals surface area contributed by atoms with Gasteiger partial charge in [0.15, 0.2) is 11.5 Å². The fraction of sp³-hybridized carbons (Fsp3) is 0.190. The van der Waals surface area contributed by atoms with Crippen molar-refractivity contribution >= 4 is 51.9 Å². The van der Waals surface area contributed by atoms with Gasteiger partial charge in [-0.3, -0.25) is 14.5 Å². The number of thiocarbonyl (C=S) groups is 1. The number of carbonyl (C=O) groups excluding carboxylic acids is 2. The Bertz CT molecular complexity index is 987. The van der Waals surface area contributed by atoms with E-state index in [1.54, 1.807) is 32.4 Å². The van der Waals surface area contributed by atoms with Gasteiger partial charge < -0.3 is 14.8 Å². The summed E-state index contributed by atoms with van der Waals surface area (Å²) in [5, 5.41) is 2.78. The Hall–Kier alpha value is -2.84. The predicted molar refractivity (Wildman–Crippen MR) is 119 cm³/mol. The summed E-state index contributed by atoms with van der Waals surface area (Å²) >= 11 is 6.47. The van der Waals surface area contributed by atoms with E-state index in [0.29, 0.717) is 26.4 Å². The molecule has 1 aliphatic rings. The average molecular weight is 429 g/mol. The average Bonchev–Trinajstić information content (AvgIpc) is 2.97. The standard InChI is InChI=1S/C21H20N2O4S2/c1-13-4-7-15(8-5-13)22-19(24)12-23-20(25)18(29-21(23)28)11-14-6-9-16(26-2)17(10-14)27-3/h4-11H,12H2,1-3H3,(H,22,24)/b18-11+. The molecule has 6 nitrogen and oxygen atoms in total. The number of ether oxygens (including phenoxy) is 2. The van der Waals surface area contributed by atoms with Crippen molar-refractivity contribution in [3.8, 4) is 11.5 Å². The largest absolute Gasteiger partial charge is 0.493 e. The quantitative estimate of drug-likeness (QED) is 0.557. The Morgan fingerprint density at radius 3 is 2.48 bits per heavy atom. The monoisotopic (exact) mass is 428 g/mol. The third kappa shape index (κ3) is 4.96. The smallest absolute Gasteiger partial charge is 0.266 e. The SMILES string of the molecule is COc1ccc(/C=C2/SC(=S)N(CC(=O)Nc3ccc(C)cc3)C2=O)cc1OC. The molecule has 2 amide bonds. The molecule has 150 valence electrons. The molecule has 3 rings (SSSR count). The number of thioether (sulfide) groups is 1. The van der Waals surface area contributed by atoms with Crippen LogP contribution in [0.1, 0.15) is 11.1 Å². The highest BCUT2D eigenvalue weighted by molar-refractivity contribution is 8.26. The Kier molecular flexibility index (Phi) is 6.56. The van der Waals surface area contributed by atoms with Crippen molar-refractivity contribution in [3.63, 3.8) is 0 Å². The summed E-state index contributed by atoms with van der Waals surface area (Å²) in [6.45, 7) is 1.83. The molecule has 0 saturated carbocycles. The summed E-state index contributed by atoms with van der Waals surface area (Å²) in [5.41, 5.74) is 2.54. The minimum absolute atomic E-state index is 0.137. The van der Waals surface area contributed by atoms with Gasteiger partial charge in [0.25, 0.3) is 5.91 Å². The Morgan fingerprint density at radius 1 is 1.14 bits per heavy atom. The van der Waals surface area contributed by atoms with Crippen LogP contribution in [0.2, 0.25) is 0 Å². The Labute approximate surface area is 178 Å². The molecule has 0 bridgehead atoms. The van der Waals surface area contributed by atoms with Gasteiger partial charge in [0, 0.05) is 5.69 Å². The van der Waals surface area contributed by atoms with E-state index in [4.69, 9.17) is 21.7 Å². The molecule has 0 radical (unpaired) electrons. The minimum Gasteiger partial charge on any atom is -0.493 e. The van der Waals surface area contributed by atoms with Crippen LogP contribution >= 0.6 is 24.0 Å². The van der Waals surface area contributed by atoms with Crippen LogP contribution in [0.5, 0.6) is 11.5 Å². The van der Waals surface area contributed by atoms with Crippen LogP contribution in [0.25, 0.3) is 6.08 Å². The number of hydrogen-bond donors (Lipinski definition) is 1.